The molecule has 0 bridgehead atoms. The highest BCUT2D eigenvalue weighted by Crippen LogP contribution is 2.12. The molecule has 1 rings (SSSR count). The van der Waals surface area contributed by atoms with Gasteiger partial charge in [-0.2, -0.15) is 0 Å². The summed E-state index contributed by atoms with van der Waals surface area (Å²) in [4.78, 5) is 4.01. The van der Waals surface area contributed by atoms with Crippen molar-refractivity contribution in [1.29, 1.82) is 0 Å². The fourth-order valence-corrected chi connectivity index (χ4v) is 1.20. The second-order valence-electron chi connectivity index (χ2n) is 3.00. The van der Waals surface area contributed by atoms with Crippen LogP contribution in [0.25, 0.3) is 5.57 Å². The van der Waals surface area contributed by atoms with Crippen LogP contribution < -0.4 is 0 Å². The zero-order valence-electron chi connectivity index (χ0n) is 8.41. The predicted octanol–water partition coefficient (Wildman–Crippen LogP) is 3.10. The maximum Gasteiger partial charge on any atom is 0.0284 e. The fourth-order valence-electron chi connectivity index (χ4n) is 1.20. The van der Waals surface area contributed by atoms with Gasteiger partial charge in [-0.25, -0.2) is 0 Å². The molecule has 0 unspecified atom stereocenters. The van der Waals surface area contributed by atoms with Crippen molar-refractivity contribution in [2.24, 2.45) is 4.99 Å². The highest BCUT2D eigenvalue weighted by atomic mass is 14.6. The van der Waals surface area contributed by atoms with Crippen LogP contribution in [0.5, 0.6) is 0 Å². The minimum Gasteiger partial charge on any atom is -0.296 e. The standard InChI is InChI=1S/C12H15N/c1-4-11(9-13-3)12-7-5-10(2)6-8-12/h4-9H,1-3H3. The second-order valence-corrected chi connectivity index (χ2v) is 3.00. The molecule has 0 aromatic heterocycles. The summed E-state index contributed by atoms with van der Waals surface area (Å²) in [7, 11) is 1.79. The lowest BCUT2D eigenvalue weighted by Crippen LogP contribution is -1.85. The monoisotopic (exact) mass is 173 g/mol. The van der Waals surface area contributed by atoms with E-state index in [4.69, 9.17) is 0 Å². The van der Waals surface area contributed by atoms with Crippen LogP contribution in [-0.2, 0) is 0 Å². The van der Waals surface area contributed by atoms with E-state index in [9.17, 15) is 0 Å². The predicted molar refractivity (Wildman–Crippen MR) is 59.2 cm³/mol. The lowest BCUT2D eigenvalue weighted by Gasteiger charge is -2.01. The van der Waals surface area contributed by atoms with E-state index in [1.165, 1.54) is 16.7 Å². The molecule has 0 aliphatic rings. The molecule has 1 heteroatoms. The Balaban J connectivity index is 3.00. The first-order chi connectivity index (χ1) is 6.27. The van der Waals surface area contributed by atoms with Crippen LogP contribution in [-0.4, -0.2) is 13.3 Å². The van der Waals surface area contributed by atoms with Gasteiger partial charge >= 0.3 is 0 Å². The van der Waals surface area contributed by atoms with Crippen LogP contribution in [0.3, 0.4) is 0 Å². The van der Waals surface area contributed by atoms with E-state index in [-0.39, 0.29) is 0 Å². The second kappa shape index (κ2) is 4.61. The number of aryl methyl sites for hydroxylation is 1. The quantitative estimate of drug-likeness (QED) is 0.609. The SMILES string of the molecule is CC=C(C=NC)c1ccc(C)cc1. The van der Waals surface area contributed by atoms with E-state index in [0.29, 0.717) is 0 Å². The summed E-state index contributed by atoms with van der Waals surface area (Å²) in [5.41, 5.74) is 3.67. The van der Waals surface area contributed by atoms with Crippen molar-refractivity contribution in [3.63, 3.8) is 0 Å². The maximum atomic E-state index is 4.01. The number of allylic oxidation sites excluding steroid dienone is 2. The molecule has 1 aromatic carbocycles. The molecule has 0 aliphatic heterocycles. The number of hydrogen-bond donors (Lipinski definition) is 0. The molecule has 0 radical (unpaired) electrons. The van der Waals surface area contributed by atoms with Gasteiger partial charge in [-0.1, -0.05) is 35.9 Å². The van der Waals surface area contributed by atoms with E-state index in [0.717, 1.165) is 0 Å². The van der Waals surface area contributed by atoms with E-state index < -0.39 is 0 Å². The lowest BCUT2D eigenvalue weighted by atomic mass is 10.1. The third kappa shape index (κ3) is 2.55. The van der Waals surface area contributed by atoms with Gasteiger partial charge in [0, 0.05) is 13.3 Å². The van der Waals surface area contributed by atoms with Gasteiger partial charge in [-0.15, -0.1) is 0 Å². The Morgan fingerprint density at radius 3 is 2.31 bits per heavy atom. The minimum atomic E-state index is 1.17. The van der Waals surface area contributed by atoms with Gasteiger partial charge in [-0.3, -0.25) is 4.99 Å². The minimum absolute atomic E-state index is 1.17. The lowest BCUT2D eigenvalue weighted by molar-refractivity contribution is 1.45. The maximum absolute atomic E-state index is 4.01. The van der Waals surface area contributed by atoms with Crippen molar-refractivity contribution >= 4 is 11.8 Å². The molecule has 1 aromatic rings. The van der Waals surface area contributed by atoms with Gasteiger partial charge in [0.15, 0.2) is 0 Å². The first-order valence-electron chi connectivity index (χ1n) is 4.43. The van der Waals surface area contributed by atoms with Gasteiger partial charge in [-0.05, 0) is 25.0 Å². The highest BCUT2D eigenvalue weighted by Gasteiger charge is 1.95. The smallest absolute Gasteiger partial charge is 0.0284 e. The summed E-state index contributed by atoms with van der Waals surface area (Å²) in [5, 5.41) is 0. The third-order valence-electron chi connectivity index (χ3n) is 1.96. The largest absolute Gasteiger partial charge is 0.296 e. The van der Waals surface area contributed by atoms with Gasteiger partial charge in [0.25, 0.3) is 0 Å². The Hall–Kier alpha value is -1.37. The number of rotatable bonds is 2. The van der Waals surface area contributed by atoms with E-state index in [1.54, 1.807) is 7.05 Å². The normalized spacial score (nSPS) is 12.4. The van der Waals surface area contributed by atoms with Crippen molar-refractivity contribution in [1.82, 2.24) is 0 Å². The summed E-state index contributed by atoms with van der Waals surface area (Å²) >= 11 is 0. The molecule has 0 fully saturated rings. The molecule has 0 aliphatic carbocycles. The molecule has 13 heavy (non-hydrogen) atoms. The van der Waals surface area contributed by atoms with E-state index in [1.807, 2.05) is 13.1 Å². The van der Waals surface area contributed by atoms with Crippen LogP contribution in [0, 0.1) is 6.92 Å². The summed E-state index contributed by atoms with van der Waals surface area (Å²) in [6.45, 7) is 4.11. The van der Waals surface area contributed by atoms with E-state index in [2.05, 4.69) is 42.3 Å². The topological polar surface area (TPSA) is 12.4 Å². The number of aliphatic imine (C=N–C) groups is 1. The Labute approximate surface area is 79.8 Å². The Bertz CT molecular complexity index is 317. The molecular formula is C12H15N. The summed E-state index contributed by atoms with van der Waals surface area (Å²) in [6, 6.07) is 8.46. The van der Waals surface area contributed by atoms with Crippen LogP contribution in [0.4, 0.5) is 0 Å². The van der Waals surface area contributed by atoms with Gasteiger partial charge in [0.1, 0.15) is 0 Å². The van der Waals surface area contributed by atoms with Crippen LogP contribution in [0.2, 0.25) is 0 Å². The summed E-state index contributed by atoms with van der Waals surface area (Å²) in [6.07, 6.45) is 3.95. The molecule has 68 valence electrons. The Morgan fingerprint density at radius 1 is 1.23 bits per heavy atom. The zero-order valence-corrected chi connectivity index (χ0v) is 8.41. The van der Waals surface area contributed by atoms with Crippen molar-refractivity contribution in [2.45, 2.75) is 13.8 Å². The molecule has 0 heterocycles. The van der Waals surface area contributed by atoms with Gasteiger partial charge < -0.3 is 0 Å². The van der Waals surface area contributed by atoms with Crippen LogP contribution in [0.1, 0.15) is 18.1 Å². The molecule has 0 atom stereocenters. The van der Waals surface area contributed by atoms with Crippen molar-refractivity contribution in [3.05, 3.63) is 41.5 Å². The third-order valence-corrected chi connectivity index (χ3v) is 1.96. The van der Waals surface area contributed by atoms with Crippen LogP contribution >= 0.6 is 0 Å². The molecule has 0 spiro atoms. The molecule has 0 N–H and O–H groups in total. The molecule has 0 amide bonds. The Kier molecular flexibility index (Phi) is 3.44. The van der Waals surface area contributed by atoms with Crippen LogP contribution in [0.15, 0.2) is 35.3 Å². The van der Waals surface area contributed by atoms with Crippen molar-refractivity contribution < 1.29 is 0 Å². The van der Waals surface area contributed by atoms with Gasteiger partial charge in [0.2, 0.25) is 0 Å². The molecule has 0 saturated carbocycles. The Morgan fingerprint density at radius 2 is 1.85 bits per heavy atom. The summed E-state index contributed by atoms with van der Waals surface area (Å²) in [5.74, 6) is 0. The number of hydrogen-bond acceptors (Lipinski definition) is 1. The number of benzene rings is 1. The zero-order chi connectivity index (χ0) is 9.68. The first kappa shape index (κ1) is 9.72. The average Bonchev–Trinajstić information content (AvgIpc) is 2.16. The van der Waals surface area contributed by atoms with Gasteiger partial charge in [0.05, 0.1) is 0 Å². The molecular weight excluding hydrogens is 158 g/mol. The first-order valence-corrected chi connectivity index (χ1v) is 4.43. The van der Waals surface area contributed by atoms with Crippen molar-refractivity contribution in [2.75, 3.05) is 7.05 Å². The average molecular weight is 173 g/mol. The van der Waals surface area contributed by atoms with E-state index >= 15 is 0 Å². The fraction of sp³-hybridized carbons (Fsp3) is 0.250. The van der Waals surface area contributed by atoms with Crippen molar-refractivity contribution in [3.8, 4) is 0 Å². The number of nitrogens with zero attached hydrogens (tertiary/aromatic N) is 1. The highest BCUT2D eigenvalue weighted by molar-refractivity contribution is 6.09. The molecule has 0 saturated heterocycles. The molecule has 1 nitrogen and oxygen atoms in total. The summed E-state index contributed by atoms with van der Waals surface area (Å²) < 4.78 is 0.